The average molecular weight is 370 g/mol. The van der Waals surface area contributed by atoms with Gasteiger partial charge in [0.1, 0.15) is 6.04 Å². The minimum absolute atomic E-state index is 0.00423. The minimum atomic E-state index is -0.703. The third kappa shape index (κ3) is 4.64. The van der Waals surface area contributed by atoms with Gasteiger partial charge in [-0.3, -0.25) is 14.5 Å². The topological polar surface area (TPSA) is 69.7 Å². The summed E-state index contributed by atoms with van der Waals surface area (Å²) in [7, 11) is 2.96. The van der Waals surface area contributed by atoms with Crippen molar-refractivity contribution < 1.29 is 14.4 Å². The molecule has 0 aliphatic carbocycles. The van der Waals surface area contributed by atoms with Crippen molar-refractivity contribution >= 4 is 41.2 Å². The highest BCUT2D eigenvalue weighted by atomic mass is 35.5. The number of carbonyl (C=O) groups is 3. The van der Waals surface area contributed by atoms with E-state index in [1.54, 1.807) is 11.8 Å². The first-order valence-electron chi connectivity index (χ1n) is 7.59. The fourth-order valence-electron chi connectivity index (χ4n) is 2.35. The number of likely N-dealkylation sites (N-methyl/N-ethyl adjacent to an activating group) is 2. The van der Waals surface area contributed by atoms with Crippen LogP contribution in [-0.2, 0) is 9.59 Å². The molecule has 1 heterocycles. The number of benzene rings is 1. The Morgan fingerprint density at radius 2 is 1.92 bits per heavy atom. The van der Waals surface area contributed by atoms with E-state index in [2.05, 4.69) is 5.32 Å². The van der Waals surface area contributed by atoms with E-state index in [1.165, 1.54) is 19.0 Å². The maximum Gasteiger partial charge on any atom is 0.326 e. The van der Waals surface area contributed by atoms with E-state index in [9.17, 15) is 14.4 Å². The van der Waals surface area contributed by atoms with Crippen LogP contribution in [0.15, 0.2) is 29.2 Å². The third-order valence-corrected chi connectivity index (χ3v) is 5.13. The fraction of sp³-hybridized carbons (Fsp3) is 0.438. The number of hydrogen-bond donors (Lipinski definition) is 1. The summed E-state index contributed by atoms with van der Waals surface area (Å²) in [5.74, 6) is 0.307. The first kappa shape index (κ1) is 18.6. The number of imide groups is 1. The third-order valence-electron chi connectivity index (χ3n) is 3.78. The lowest BCUT2D eigenvalue weighted by Crippen LogP contribution is -2.37. The molecule has 0 bridgehead atoms. The van der Waals surface area contributed by atoms with Crippen molar-refractivity contribution in [3.63, 3.8) is 0 Å². The second-order valence-electron chi connectivity index (χ2n) is 5.52. The van der Waals surface area contributed by atoms with Gasteiger partial charge >= 0.3 is 6.03 Å². The van der Waals surface area contributed by atoms with Gasteiger partial charge in [-0.15, -0.1) is 11.8 Å². The van der Waals surface area contributed by atoms with Gasteiger partial charge in [-0.2, -0.15) is 0 Å². The van der Waals surface area contributed by atoms with Gasteiger partial charge in [0.05, 0.1) is 6.42 Å². The molecule has 4 amide bonds. The average Bonchev–Trinajstić information content (AvgIpc) is 2.74. The SMILES string of the molecule is CN1C(=O)[C@H](CC(=O)NCCCSc2ccc(Cl)cc2)N(C)C1=O. The van der Waals surface area contributed by atoms with Crippen LogP contribution in [0.2, 0.25) is 5.02 Å². The Bertz CT molecular complexity index is 623. The van der Waals surface area contributed by atoms with Gasteiger partial charge in [0.15, 0.2) is 0 Å². The maximum atomic E-state index is 11.9. The molecule has 24 heavy (non-hydrogen) atoms. The van der Waals surface area contributed by atoms with Crippen molar-refractivity contribution in [1.82, 2.24) is 15.1 Å². The van der Waals surface area contributed by atoms with E-state index in [1.807, 2.05) is 24.3 Å². The van der Waals surface area contributed by atoms with Gasteiger partial charge in [0, 0.05) is 30.6 Å². The molecular weight excluding hydrogens is 350 g/mol. The Morgan fingerprint density at radius 3 is 2.50 bits per heavy atom. The predicted molar refractivity (Wildman–Crippen MR) is 94.1 cm³/mol. The number of nitrogens with zero attached hydrogens (tertiary/aromatic N) is 2. The number of halogens is 1. The molecule has 6 nitrogen and oxygen atoms in total. The summed E-state index contributed by atoms with van der Waals surface area (Å²) in [5.41, 5.74) is 0. The summed E-state index contributed by atoms with van der Waals surface area (Å²) in [6, 6.07) is 6.53. The number of rotatable bonds is 7. The van der Waals surface area contributed by atoms with Crippen LogP contribution in [0.5, 0.6) is 0 Å². The first-order valence-corrected chi connectivity index (χ1v) is 8.96. The molecule has 0 saturated carbocycles. The molecule has 0 spiro atoms. The quantitative estimate of drug-likeness (QED) is 0.454. The van der Waals surface area contributed by atoms with Gasteiger partial charge in [-0.25, -0.2) is 4.79 Å². The van der Waals surface area contributed by atoms with Gasteiger partial charge in [0.25, 0.3) is 5.91 Å². The number of hydrogen-bond acceptors (Lipinski definition) is 4. The molecule has 1 aromatic rings. The minimum Gasteiger partial charge on any atom is -0.356 e. The zero-order valence-corrected chi connectivity index (χ0v) is 15.2. The second-order valence-corrected chi connectivity index (χ2v) is 7.12. The number of urea groups is 1. The van der Waals surface area contributed by atoms with Crippen molar-refractivity contribution in [1.29, 1.82) is 0 Å². The predicted octanol–water partition coefficient (Wildman–Crippen LogP) is 2.22. The van der Waals surface area contributed by atoms with E-state index < -0.39 is 6.04 Å². The van der Waals surface area contributed by atoms with Crippen molar-refractivity contribution in [3.8, 4) is 0 Å². The molecule has 0 radical (unpaired) electrons. The maximum absolute atomic E-state index is 11.9. The molecule has 1 aliphatic heterocycles. The molecule has 1 N–H and O–H groups in total. The lowest BCUT2D eigenvalue weighted by atomic mass is 10.2. The standard InChI is InChI=1S/C16H20ClN3O3S/c1-19-13(15(22)20(2)16(19)23)10-14(21)18-8-3-9-24-12-6-4-11(17)5-7-12/h4-7,13H,3,8-10H2,1-2H3,(H,18,21)/t13-/m0/s1. The fourth-order valence-corrected chi connectivity index (χ4v) is 3.33. The van der Waals surface area contributed by atoms with Gasteiger partial charge < -0.3 is 10.2 Å². The summed E-state index contributed by atoms with van der Waals surface area (Å²) >= 11 is 7.52. The smallest absolute Gasteiger partial charge is 0.326 e. The van der Waals surface area contributed by atoms with Crippen molar-refractivity contribution in [2.24, 2.45) is 0 Å². The van der Waals surface area contributed by atoms with E-state index in [-0.39, 0.29) is 24.3 Å². The summed E-state index contributed by atoms with van der Waals surface area (Å²) in [6.45, 7) is 0.536. The van der Waals surface area contributed by atoms with Gasteiger partial charge in [0.2, 0.25) is 5.91 Å². The Kier molecular flexibility index (Phi) is 6.51. The number of thioether (sulfide) groups is 1. The monoisotopic (exact) mass is 369 g/mol. The molecule has 2 rings (SSSR count). The zero-order chi connectivity index (χ0) is 17.7. The molecule has 1 saturated heterocycles. The van der Waals surface area contributed by atoms with Gasteiger partial charge in [-0.05, 0) is 36.4 Å². The van der Waals surface area contributed by atoms with Crippen LogP contribution < -0.4 is 5.32 Å². The Morgan fingerprint density at radius 1 is 1.25 bits per heavy atom. The highest BCUT2D eigenvalue weighted by Crippen LogP contribution is 2.20. The molecule has 1 atom stereocenters. The van der Waals surface area contributed by atoms with E-state index in [4.69, 9.17) is 11.6 Å². The van der Waals surface area contributed by atoms with Crippen LogP contribution in [0.3, 0.4) is 0 Å². The Labute approximate surface area is 150 Å². The van der Waals surface area contributed by atoms with Crippen LogP contribution >= 0.6 is 23.4 Å². The van der Waals surface area contributed by atoms with Crippen molar-refractivity contribution in [2.75, 3.05) is 26.4 Å². The van der Waals surface area contributed by atoms with Crippen LogP contribution in [-0.4, -0.2) is 60.1 Å². The summed E-state index contributed by atoms with van der Waals surface area (Å²) in [4.78, 5) is 38.9. The van der Waals surface area contributed by atoms with Crippen LogP contribution in [0.1, 0.15) is 12.8 Å². The number of carbonyl (C=O) groups excluding carboxylic acids is 3. The molecule has 0 aromatic heterocycles. The Balaban J connectivity index is 1.66. The van der Waals surface area contributed by atoms with E-state index >= 15 is 0 Å². The van der Waals surface area contributed by atoms with Crippen LogP contribution in [0.4, 0.5) is 4.79 Å². The molecular formula is C16H20ClN3O3S. The first-order chi connectivity index (χ1) is 11.4. The summed E-state index contributed by atoms with van der Waals surface area (Å²) < 4.78 is 0. The number of amides is 4. The zero-order valence-electron chi connectivity index (χ0n) is 13.6. The Hall–Kier alpha value is -1.73. The molecule has 1 fully saturated rings. The van der Waals surface area contributed by atoms with Crippen LogP contribution in [0.25, 0.3) is 0 Å². The van der Waals surface area contributed by atoms with E-state index in [0.29, 0.717) is 11.6 Å². The lowest BCUT2D eigenvalue weighted by molar-refractivity contribution is -0.131. The largest absolute Gasteiger partial charge is 0.356 e. The molecule has 1 aliphatic rings. The van der Waals surface area contributed by atoms with Gasteiger partial charge in [-0.1, -0.05) is 11.6 Å². The summed E-state index contributed by atoms with van der Waals surface area (Å²) in [6.07, 6.45) is 0.808. The molecule has 130 valence electrons. The molecule has 1 aromatic carbocycles. The lowest BCUT2D eigenvalue weighted by Gasteiger charge is -2.15. The molecule has 0 unspecified atom stereocenters. The summed E-state index contributed by atoms with van der Waals surface area (Å²) in [5, 5.41) is 3.50. The molecule has 8 heteroatoms. The van der Waals surface area contributed by atoms with Crippen molar-refractivity contribution in [3.05, 3.63) is 29.3 Å². The number of nitrogens with one attached hydrogen (secondary N) is 1. The van der Waals surface area contributed by atoms with Crippen molar-refractivity contribution in [2.45, 2.75) is 23.8 Å². The van der Waals surface area contributed by atoms with Crippen LogP contribution in [0, 0.1) is 0 Å². The highest BCUT2D eigenvalue weighted by molar-refractivity contribution is 7.99. The normalized spacial score (nSPS) is 17.5. The second kappa shape index (κ2) is 8.39. The van der Waals surface area contributed by atoms with E-state index in [0.717, 1.165) is 22.0 Å². The highest BCUT2D eigenvalue weighted by Gasteiger charge is 2.41.